The second-order valence-corrected chi connectivity index (χ2v) is 8.43. The summed E-state index contributed by atoms with van der Waals surface area (Å²) in [5, 5.41) is 5.85. The largest absolute Gasteiger partial charge is 0.484 e. The molecule has 4 aromatic rings. The summed E-state index contributed by atoms with van der Waals surface area (Å²) >= 11 is 5.24. The summed E-state index contributed by atoms with van der Waals surface area (Å²) in [6, 6.07) is 19.4. The first kappa shape index (κ1) is 22.5. The summed E-state index contributed by atoms with van der Waals surface area (Å²) in [5.74, 6) is 0.992. The van der Waals surface area contributed by atoms with Gasteiger partial charge in [0.15, 0.2) is 23.2 Å². The number of carbonyl (C=O) groups excluding carboxylic acids is 1. The molecule has 0 radical (unpaired) electrons. The first-order valence-electron chi connectivity index (χ1n) is 10.6. The minimum atomic E-state index is -0.327. The SMILES string of the molecule is Cc1cccc(OCC(=O)NC(=S)Nc2ccc(Cc3nc4cc(C)cc(C)c4o3)cc2)c1. The van der Waals surface area contributed by atoms with Crippen LogP contribution in [0.15, 0.2) is 65.1 Å². The summed E-state index contributed by atoms with van der Waals surface area (Å²) in [6.07, 6.45) is 0.588. The number of anilines is 1. The van der Waals surface area contributed by atoms with Gasteiger partial charge in [-0.05, 0) is 85.6 Å². The Balaban J connectivity index is 1.29. The van der Waals surface area contributed by atoms with E-state index in [9.17, 15) is 4.79 Å². The second kappa shape index (κ2) is 9.83. The van der Waals surface area contributed by atoms with E-state index in [1.165, 1.54) is 5.56 Å². The van der Waals surface area contributed by atoms with Crippen LogP contribution in [-0.2, 0) is 11.2 Å². The molecule has 0 saturated heterocycles. The van der Waals surface area contributed by atoms with Crippen LogP contribution < -0.4 is 15.4 Å². The van der Waals surface area contributed by atoms with Gasteiger partial charge in [0, 0.05) is 12.1 Å². The Kier molecular flexibility index (Phi) is 6.70. The summed E-state index contributed by atoms with van der Waals surface area (Å²) in [7, 11) is 0. The molecule has 2 N–H and O–H groups in total. The number of aromatic nitrogens is 1. The molecule has 0 fully saturated rings. The van der Waals surface area contributed by atoms with Crippen molar-refractivity contribution < 1.29 is 13.9 Å². The van der Waals surface area contributed by atoms with E-state index < -0.39 is 0 Å². The number of aryl methyl sites for hydroxylation is 3. The van der Waals surface area contributed by atoms with Gasteiger partial charge < -0.3 is 14.5 Å². The molecule has 0 bridgehead atoms. The number of hydrogen-bond acceptors (Lipinski definition) is 5. The topological polar surface area (TPSA) is 76.4 Å². The average Bonchev–Trinajstić information content (AvgIpc) is 3.16. The number of ether oxygens (including phenoxy) is 1. The van der Waals surface area contributed by atoms with Crippen LogP contribution >= 0.6 is 12.2 Å². The number of fused-ring (bicyclic) bond motifs is 1. The highest BCUT2D eigenvalue weighted by molar-refractivity contribution is 7.80. The number of benzene rings is 3. The lowest BCUT2D eigenvalue weighted by atomic mass is 10.1. The van der Waals surface area contributed by atoms with Crippen molar-refractivity contribution in [1.82, 2.24) is 10.3 Å². The minimum absolute atomic E-state index is 0.117. The Bertz CT molecular complexity index is 1310. The maximum Gasteiger partial charge on any atom is 0.264 e. The van der Waals surface area contributed by atoms with Gasteiger partial charge in [-0.2, -0.15) is 0 Å². The number of hydrogen-bond donors (Lipinski definition) is 2. The molecule has 168 valence electrons. The van der Waals surface area contributed by atoms with Crippen LogP contribution in [0.4, 0.5) is 5.69 Å². The zero-order valence-corrected chi connectivity index (χ0v) is 19.6. The zero-order chi connectivity index (χ0) is 23.4. The molecule has 0 aliphatic carbocycles. The van der Waals surface area contributed by atoms with Crippen molar-refractivity contribution in [2.75, 3.05) is 11.9 Å². The molecule has 0 aliphatic rings. The van der Waals surface area contributed by atoms with Gasteiger partial charge in [0.25, 0.3) is 5.91 Å². The van der Waals surface area contributed by atoms with Gasteiger partial charge in [0.1, 0.15) is 11.3 Å². The predicted molar refractivity (Wildman–Crippen MR) is 134 cm³/mol. The van der Waals surface area contributed by atoms with Crippen molar-refractivity contribution in [2.24, 2.45) is 0 Å². The zero-order valence-electron chi connectivity index (χ0n) is 18.8. The molecule has 4 rings (SSSR count). The van der Waals surface area contributed by atoms with Crippen molar-refractivity contribution in [1.29, 1.82) is 0 Å². The number of thiocarbonyl (C=S) groups is 1. The van der Waals surface area contributed by atoms with Gasteiger partial charge >= 0.3 is 0 Å². The van der Waals surface area contributed by atoms with Crippen LogP contribution in [0.2, 0.25) is 0 Å². The number of amides is 1. The monoisotopic (exact) mass is 459 g/mol. The maximum absolute atomic E-state index is 12.1. The van der Waals surface area contributed by atoms with E-state index in [1.54, 1.807) is 0 Å². The van der Waals surface area contributed by atoms with E-state index in [-0.39, 0.29) is 17.6 Å². The van der Waals surface area contributed by atoms with Crippen LogP contribution in [0.3, 0.4) is 0 Å². The number of rotatable bonds is 6. The van der Waals surface area contributed by atoms with Crippen molar-refractivity contribution in [3.63, 3.8) is 0 Å². The summed E-state index contributed by atoms with van der Waals surface area (Å²) < 4.78 is 11.4. The highest BCUT2D eigenvalue weighted by Gasteiger charge is 2.10. The Labute approximate surface area is 198 Å². The average molecular weight is 460 g/mol. The van der Waals surface area contributed by atoms with Crippen LogP contribution in [0.1, 0.15) is 28.1 Å². The van der Waals surface area contributed by atoms with Gasteiger partial charge in [-0.25, -0.2) is 4.98 Å². The molecule has 0 aliphatic heterocycles. The summed E-state index contributed by atoms with van der Waals surface area (Å²) in [5.41, 5.74) is 6.86. The fraction of sp³-hybridized carbons (Fsp3) is 0.192. The lowest BCUT2D eigenvalue weighted by Gasteiger charge is -2.11. The minimum Gasteiger partial charge on any atom is -0.484 e. The van der Waals surface area contributed by atoms with Crippen molar-refractivity contribution in [3.05, 3.63) is 88.8 Å². The number of oxazole rings is 1. The van der Waals surface area contributed by atoms with Gasteiger partial charge in [0.2, 0.25) is 0 Å². The molecule has 0 spiro atoms. The molecular formula is C26H25N3O3S. The highest BCUT2D eigenvalue weighted by atomic mass is 32.1. The molecule has 6 nitrogen and oxygen atoms in total. The maximum atomic E-state index is 12.1. The van der Waals surface area contributed by atoms with E-state index in [4.69, 9.17) is 21.4 Å². The van der Waals surface area contributed by atoms with E-state index in [2.05, 4.69) is 28.6 Å². The van der Waals surface area contributed by atoms with E-state index >= 15 is 0 Å². The van der Waals surface area contributed by atoms with Crippen LogP contribution in [0, 0.1) is 20.8 Å². The van der Waals surface area contributed by atoms with Crippen molar-refractivity contribution in [2.45, 2.75) is 27.2 Å². The van der Waals surface area contributed by atoms with Crippen molar-refractivity contribution in [3.8, 4) is 5.75 Å². The number of carbonyl (C=O) groups is 1. The lowest BCUT2D eigenvalue weighted by Crippen LogP contribution is -2.37. The van der Waals surface area contributed by atoms with E-state index in [1.807, 2.05) is 68.4 Å². The van der Waals surface area contributed by atoms with Gasteiger partial charge in [0.05, 0.1) is 0 Å². The summed E-state index contributed by atoms with van der Waals surface area (Å²) in [6.45, 7) is 5.93. The molecule has 1 amide bonds. The van der Waals surface area contributed by atoms with Crippen LogP contribution in [0.5, 0.6) is 5.75 Å². The fourth-order valence-corrected chi connectivity index (χ4v) is 3.79. The molecule has 7 heteroatoms. The van der Waals surface area contributed by atoms with Crippen molar-refractivity contribution >= 4 is 40.0 Å². The third-order valence-corrected chi connectivity index (χ3v) is 5.25. The summed E-state index contributed by atoms with van der Waals surface area (Å²) in [4.78, 5) is 16.7. The number of nitrogens with one attached hydrogen (secondary N) is 2. The second-order valence-electron chi connectivity index (χ2n) is 8.02. The highest BCUT2D eigenvalue weighted by Crippen LogP contribution is 2.23. The Morgan fingerprint density at radius 2 is 1.82 bits per heavy atom. The van der Waals surface area contributed by atoms with Gasteiger partial charge in [-0.3, -0.25) is 10.1 Å². The standard InChI is InChI=1S/C26H25N3O3S/c1-16-5-4-6-21(12-16)31-15-23(30)29-26(33)27-20-9-7-19(8-10-20)14-24-28-22-13-17(2)11-18(3)25(22)32-24/h4-13H,14-15H2,1-3H3,(H2,27,29,30,33). The molecule has 0 saturated carbocycles. The van der Waals surface area contributed by atoms with E-state index in [0.29, 0.717) is 18.1 Å². The molecule has 0 unspecified atom stereocenters. The Morgan fingerprint density at radius 1 is 1.03 bits per heavy atom. The lowest BCUT2D eigenvalue weighted by molar-refractivity contribution is -0.121. The van der Waals surface area contributed by atoms with Gasteiger partial charge in [-0.15, -0.1) is 0 Å². The predicted octanol–water partition coefficient (Wildman–Crippen LogP) is 5.24. The first-order valence-corrected chi connectivity index (χ1v) is 11.0. The quantitative estimate of drug-likeness (QED) is 0.384. The molecule has 1 aromatic heterocycles. The molecule has 1 heterocycles. The molecule has 0 atom stereocenters. The normalized spacial score (nSPS) is 10.8. The van der Waals surface area contributed by atoms with Crippen LogP contribution in [-0.4, -0.2) is 22.6 Å². The Morgan fingerprint density at radius 3 is 2.58 bits per heavy atom. The first-order chi connectivity index (χ1) is 15.9. The third-order valence-electron chi connectivity index (χ3n) is 5.04. The van der Waals surface area contributed by atoms with Gasteiger partial charge in [-0.1, -0.05) is 30.3 Å². The smallest absolute Gasteiger partial charge is 0.264 e. The van der Waals surface area contributed by atoms with Crippen LogP contribution in [0.25, 0.3) is 11.1 Å². The molecule has 33 heavy (non-hydrogen) atoms. The third kappa shape index (κ3) is 5.96. The molecular weight excluding hydrogens is 434 g/mol. The molecule has 3 aromatic carbocycles. The number of nitrogens with zero attached hydrogens (tertiary/aromatic N) is 1. The van der Waals surface area contributed by atoms with E-state index in [0.717, 1.165) is 33.5 Å². The fourth-order valence-electron chi connectivity index (χ4n) is 3.56. The Hall–Kier alpha value is -3.71.